The summed E-state index contributed by atoms with van der Waals surface area (Å²) in [6.45, 7) is 0. The monoisotopic (exact) mass is 550 g/mol. The van der Waals surface area contributed by atoms with Crippen molar-refractivity contribution in [1.29, 1.82) is 0 Å². The zero-order chi connectivity index (χ0) is 17.6. The molecule has 0 aromatic heterocycles. The molecule has 136 valence electrons. The third-order valence-electron chi connectivity index (χ3n) is 4.30. The zero-order valence-electron chi connectivity index (χ0n) is 14.3. The van der Waals surface area contributed by atoms with Gasteiger partial charge < -0.3 is 24.8 Å². The first-order valence-electron chi connectivity index (χ1n) is 7.97. The molecule has 0 spiro atoms. The molecule has 27 heavy (non-hydrogen) atoms. The molecule has 0 heterocycles. The van der Waals surface area contributed by atoms with Crippen LogP contribution in [0.5, 0.6) is 0 Å². The molecule has 5 heteroatoms. The fourth-order valence-electron chi connectivity index (χ4n) is 3.17. The van der Waals surface area contributed by atoms with Gasteiger partial charge in [-0.05, 0) is 6.42 Å². The van der Waals surface area contributed by atoms with E-state index >= 15 is 0 Å². The van der Waals surface area contributed by atoms with Crippen LogP contribution in [0.2, 0.25) is 0 Å². The van der Waals surface area contributed by atoms with E-state index in [1.54, 1.807) is 0 Å². The van der Waals surface area contributed by atoms with E-state index in [4.69, 9.17) is 0 Å². The van der Waals surface area contributed by atoms with Gasteiger partial charge in [-0.25, -0.2) is 0 Å². The number of hydrogen-bond acceptors (Lipinski definition) is 1. The van der Waals surface area contributed by atoms with Crippen molar-refractivity contribution in [3.63, 3.8) is 0 Å². The van der Waals surface area contributed by atoms with Crippen LogP contribution < -0.4 is 24.8 Å². The van der Waals surface area contributed by atoms with E-state index in [0.29, 0.717) is 0 Å². The van der Waals surface area contributed by atoms with Gasteiger partial charge in [0.1, 0.15) is 0 Å². The van der Waals surface area contributed by atoms with Crippen LogP contribution in [0.25, 0.3) is 17.2 Å². The normalized spacial score (nSPS) is 11.2. The summed E-state index contributed by atoms with van der Waals surface area (Å²) >= 11 is 4.62. The molecule has 0 fully saturated rings. The number of benzene rings is 3. The SMILES string of the molecule is Brc1cc[c-]c2c1CC=C2.[Cl-].[Cl-].[S]=[Zr+2].[c-]1cccc2c1Cc1ccccc1-2. The Kier molecular flexibility index (Phi) is 11.1. The van der Waals surface area contributed by atoms with Gasteiger partial charge in [-0.2, -0.15) is 29.8 Å². The predicted octanol–water partition coefficient (Wildman–Crippen LogP) is 0.530. The smallest absolute Gasteiger partial charge is 0.0253 e. The van der Waals surface area contributed by atoms with E-state index in [1.807, 2.05) is 18.2 Å². The minimum absolute atomic E-state index is 0. The van der Waals surface area contributed by atoms with Crippen LogP contribution in [0.3, 0.4) is 0 Å². The molecule has 3 aromatic carbocycles. The van der Waals surface area contributed by atoms with Crippen molar-refractivity contribution in [1.82, 2.24) is 0 Å². The molecule has 0 nitrogen and oxygen atoms in total. The van der Waals surface area contributed by atoms with Crippen molar-refractivity contribution in [2.75, 3.05) is 0 Å². The Morgan fingerprint density at radius 1 is 0.889 bits per heavy atom. The van der Waals surface area contributed by atoms with Gasteiger partial charge >= 0.3 is 31.5 Å². The quantitative estimate of drug-likeness (QED) is 0.287. The van der Waals surface area contributed by atoms with E-state index in [9.17, 15) is 0 Å². The fraction of sp³-hybridized carbons (Fsp3) is 0.0909. The van der Waals surface area contributed by atoms with Crippen molar-refractivity contribution >= 4 is 30.9 Å². The number of hydrogen-bond donors (Lipinski definition) is 0. The molecule has 0 bridgehead atoms. The predicted molar refractivity (Wildman–Crippen MR) is 107 cm³/mol. The Morgan fingerprint density at radius 2 is 1.63 bits per heavy atom. The van der Waals surface area contributed by atoms with Crippen molar-refractivity contribution < 1.29 is 47.5 Å². The van der Waals surface area contributed by atoms with Gasteiger partial charge in [0.2, 0.25) is 0 Å². The van der Waals surface area contributed by atoms with E-state index in [1.165, 1.54) is 37.9 Å². The van der Waals surface area contributed by atoms with E-state index < -0.39 is 0 Å². The molecule has 0 atom stereocenters. The van der Waals surface area contributed by atoms with Crippen LogP contribution in [0.4, 0.5) is 0 Å². The van der Waals surface area contributed by atoms with Crippen LogP contribution in [-0.4, -0.2) is 0 Å². The first-order chi connectivity index (χ1) is 12.3. The molecule has 0 unspecified atom stereocenters. The Bertz CT molecular complexity index is 884. The van der Waals surface area contributed by atoms with Gasteiger partial charge in [-0.1, -0.05) is 62.2 Å². The molecule has 0 saturated carbocycles. The standard InChI is InChI=1S/C13H9.C9H6Br.2ClH.S.Zr/c1-3-7-12-10(5-1)9-11-6-2-4-8-13(11)12;10-9-6-2-4-7-3-1-5-8(7)9;;;;/h1-5,7-8H,9H2;1-3,6H,5H2;2*1H;;/q2*-1;;;;+2/p-2. The average Bonchev–Trinajstić information content (AvgIpc) is 3.29. The maximum absolute atomic E-state index is 4.17. The summed E-state index contributed by atoms with van der Waals surface area (Å²) in [6.07, 6.45) is 6.37. The second-order valence-electron chi connectivity index (χ2n) is 5.72. The van der Waals surface area contributed by atoms with Crippen molar-refractivity contribution in [2.45, 2.75) is 12.8 Å². The number of rotatable bonds is 0. The molecule has 3 aromatic rings. The van der Waals surface area contributed by atoms with Crippen LogP contribution in [0.15, 0.2) is 65.1 Å². The number of allylic oxidation sites excluding steroid dienone is 1. The van der Waals surface area contributed by atoms with Crippen LogP contribution in [0, 0.1) is 12.1 Å². The van der Waals surface area contributed by atoms with Crippen molar-refractivity contribution in [2.24, 2.45) is 0 Å². The molecule has 2 aliphatic carbocycles. The molecule has 0 aliphatic heterocycles. The molecule has 0 N–H and O–H groups in total. The van der Waals surface area contributed by atoms with Gasteiger partial charge in [0.15, 0.2) is 0 Å². The summed E-state index contributed by atoms with van der Waals surface area (Å²) in [4.78, 5) is 0. The summed E-state index contributed by atoms with van der Waals surface area (Å²) in [5, 5.41) is 0. The average molecular weight is 553 g/mol. The molecular formula is C22H15BrCl2SZr-2. The largest absolute Gasteiger partial charge is 0.179 e. The van der Waals surface area contributed by atoms with Gasteiger partial charge in [-0.3, -0.25) is 0 Å². The third kappa shape index (κ3) is 5.78. The zero-order valence-corrected chi connectivity index (χ0v) is 20.7. The van der Waals surface area contributed by atoms with Crippen LogP contribution >= 0.6 is 24.8 Å². The Labute approximate surface area is 200 Å². The van der Waals surface area contributed by atoms with Gasteiger partial charge in [0.25, 0.3) is 0 Å². The van der Waals surface area contributed by atoms with Crippen LogP contribution in [0.1, 0.15) is 22.3 Å². The fourth-order valence-corrected chi connectivity index (χ4v) is 3.68. The van der Waals surface area contributed by atoms with E-state index in [2.05, 4.69) is 85.5 Å². The maximum Gasteiger partial charge on any atom is -0.0253 e. The molecule has 5 rings (SSSR count). The Hall–Kier alpha value is -0.437. The second kappa shape index (κ2) is 12.2. The van der Waals surface area contributed by atoms with Crippen molar-refractivity contribution in [3.05, 3.63) is 99.5 Å². The minimum Gasteiger partial charge on any atom is -0.179 e. The summed E-state index contributed by atoms with van der Waals surface area (Å²) in [5.74, 6) is 0. The maximum atomic E-state index is 4.17. The van der Waals surface area contributed by atoms with Gasteiger partial charge in [0.05, 0.1) is 0 Å². The molecule has 0 saturated heterocycles. The van der Waals surface area contributed by atoms with Gasteiger partial charge in [0, 0.05) is 0 Å². The summed E-state index contributed by atoms with van der Waals surface area (Å²) in [5.41, 5.74) is 8.10. The first-order valence-corrected chi connectivity index (χ1v) is 12.2. The molecule has 0 amide bonds. The molecule has 2 aliphatic rings. The van der Waals surface area contributed by atoms with Crippen molar-refractivity contribution in [3.8, 4) is 11.1 Å². The third-order valence-corrected chi connectivity index (χ3v) is 5.05. The summed E-state index contributed by atoms with van der Waals surface area (Å²) in [6, 6.07) is 25.3. The minimum atomic E-state index is 0. The molecular weight excluding hydrogens is 538 g/mol. The number of fused-ring (bicyclic) bond motifs is 4. The first kappa shape index (κ1) is 24.6. The second-order valence-corrected chi connectivity index (χ2v) is 6.57. The van der Waals surface area contributed by atoms with E-state index in [-0.39, 0.29) is 24.8 Å². The summed E-state index contributed by atoms with van der Waals surface area (Å²) in [7, 11) is 4.17. The van der Waals surface area contributed by atoms with E-state index in [0.717, 1.165) is 35.5 Å². The van der Waals surface area contributed by atoms with Crippen LogP contribution in [-0.2, 0) is 35.5 Å². The van der Waals surface area contributed by atoms with Gasteiger partial charge in [-0.15, -0.1) is 47.0 Å². The topological polar surface area (TPSA) is 0 Å². The molecule has 0 radical (unpaired) electrons. The summed E-state index contributed by atoms with van der Waals surface area (Å²) < 4.78 is 1.20. The number of halogens is 3. The Morgan fingerprint density at radius 3 is 2.41 bits per heavy atom. The Balaban J connectivity index is 0.000000237.